The molecule has 2 aromatic carbocycles. The summed E-state index contributed by atoms with van der Waals surface area (Å²) in [6.45, 7) is 1.14. The van der Waals surface area contributed by atoms with Gasteiger partial charge in [0.1, 0.15) is 5.82 Å². The molecule has 0 aliphatic carbocycles. The zero-order valence-corrected chi connectivity index (χ0v) is 10.7. The molecule has 0 N–H and O–H groups in total. The molecule has 1 aliphatic heterocycles. The van der Waals surface area contributed by atoms with Crippen molar-refractivity contribution in [2.24, 2.45) is 0 Å². The third-order valence-electron chi connectivity index (χ3n) is 3.19. The van der Waals surface area contributed by atoms with E-state index in [9.17, 15) is 9.18 Å². The van der Waals surface area contributed by atoms with E-state index in [2.05, 4.69) is 0 Å². The van der Waals surface area contributed by atoms with Crippen LogP contribution in [0.5, 0.6) is 0 Å². The summed E-state index contributed by atoms with van der Waals surface area (Å²) in [5.74, 6) is -0.841. The van der Waals surface area contributed by atoms with Crippen molar-refractivity contribution in [3.05, 3.63) is 71.0 Å². The Morgan fingerprint density at radius 3 is 2.30 bits per heavy atom. The number of ketones is 1. The fourth-order valence-electron chi connectivity index (χ4n) is 2.14. The average molecular weight is 272 g/mol. The van der Waals surface area contributed by atoms with Crippen molar-refractivity contribution in [2.75, 3.05) is 13.2 Å². The van der Waals surface area contributed by atoms with Gasteiger partial charge in [0.15, 0.2) is 12.1 Å². The summed E-state index contributed by atoms with van der Waals surface area (Å²) in [5.41, 5.74) is 1.37. The van der Waals surface area contributed by atoms with E-state index in [4.69, 9.17) is 9.47 Å². The van der Waals surface area contributed by atoms with Crippen molar-refractivity contribution >= 4 is 5.78 Å². The maximum Gasteiger partial charge on any atom is 0.195 e. The molecule has 0 unspecified atom stereocenters. The summed E-state index contributed by atoms with van der Waals surface area (Å²) in [4.78, 5) is 12.2. The highest BCUT2D eigenvalue weighted by Gasteiger charge is 2.19. The maximum atomic E-state index is 13.6. The maximum absolute atomic E-state index is 13.6. The lowest BCUT2D eigenvalue weighted by atomic mass is 10.0. The molecule has 1 fully saturated rings. The molecule has 102 valence electrons. The van der Waals surface area contributed by atoms with Crippen molar-refractivity contribution in [3.63, 3.8) is 0 Å². The van der Waals surface area contributed by atoms with Crippen molar-refractivity contribution < 1.29 is 18.7 Å². The van der Waals surface area contributed by atoms with Gasteiger partial charge in [-0.15, -0.1) is 0 Å². The van der Waals surface area contributed by atoms with Crippen LogP contribution in [0, 0.1) is 5.82 Å². The summed E-state index contributed by atoms with van der Waals surface area (Å²) in [5, 5.41) is 0. The highest BCUT2D eigenvalue weighted by Crippen LogP contribution is 2.24. The number of ether oxygens (including phenoxy) is 2. The van der Waals surface area contributed by atoms with Gasteiger partial charge in [-0.1, -0.05) is 36.4 Å². The third-order valence-corrected chi connectivity index (χ3v) is 3.19. The van der Waals surface area contributed by atoms with Crippen molar-refractivity contribution in [1.82, 2.24) is 0 Å². The first-order valence-electron chi connectivity index (χ1n) is 6.38. The Bertz CT molecular complexity index is 616. The van der Waals surface area contributed by atoms with Gasteiger partial charge in [-0.3, -0.25) is 4.79 Å². The number of benzene rings is 2. The first-order valence-corrected chi connectivity index (χ1v) is 6.38. The predicted octanol–water partition coefficient (Wildman–Crippen LogP) is 3.10. The van der Waals surface area contributed by atoms with Gasteiger partial charge in [-0.05, 0) is 12.1 Å². The number of carbonyl (C=O) groups is 1. The van der Waals surface area contributed by atoms with Gasteiger partial charge in [0.05, 0.1) is 18.8 Å². The van der Waals surface area contributed by atoms with Gasteiger partial charge >= 0.3 is 0 Å². The Morgan fingerprint density at radius 1 is 1.00 bits per heavy atom. The van der Waals surface area contributed by atoms with Crippen LogP contribution >= 0.6 is 0 Å². The Labute approximate surface area is 115 Å². The summed E-state index contributed by atoms with van der Waals surface area (Å²) in [6, 6.07) is 12.8. The number of hydrogen-bond acceptors (Lipinski definition) is 3. The van der Waals surface area contributed by atoms with Crippen LogP contribution in [0.2, 0.25) is 0 Å². The van der Waals surface area contributed by atoms with E-state index in [1.165, 1.54) is 12.1 Å². The molecule has 20 heavy (non-hydrogen) atoms. The minimum atomic E-state index is -0.510. The molecule has 0 aromatic heterocycles. The molecule has 0 saturated carbocycles. The Kier molecular flexibility index (Phi) is 3.58. The number of carbonyl (C=O) groups excluding carboxylic acids is 1. The van der Waals surface area contributed by atoms with Crippen LogP contribution < -0.4 is 0 Å². The van der Waals surface area contributed by atoms with Crippen LogP contribution in [-0.4, -0.2) is 19.0 Å². The van der Waals surface area contributed by atoms with Gasteiger partial charge in [-0.2, -0.15) is 0 Å². The Hall–Kier alpha value is -2.04. The van der Waals surface area contributed by atoms with E-state index in [1.807, 2.05) is 0 Å². The molecule has 1 aliphatic rings. The topological polar surface area (TPSA) is 35.5 Å². The first kappa shape index (κ1) is 13.0. The van der Waals surface area contributed by atoms with E-state index in [0.717, 1.165) is 5.56 Å². The second-order valence-electron chi connectivity index (χ2n) is 4.50. The molecule has 0 radical (unpaired) electrons. The molecule has 0 amide bonds. The highest BCUT2D eigenvalue weighted by molar-refractivity contribution is 6.09. The monoisotopic (exact) mass is 272 g/mol. The summed E-state index contributed by atoms with van der Waals surface area (Å²) >= 11 is 0. The lowest BCUT2D eigenvalue weighted by molar-refractivity contribution is -0.0441. The van der Waals surface area contributed by atoms with Crippen LogP contribution in [0.1, 0.15) is 27.8 Å². The minimum absolute atomic E-state index is 0.0774. The molecule has 0 atom stereocenters. The van der Waals surface area contributed by atoms with Gasteiger partial charge in [-0.25, -0.2) is 4.39 Å². The van der Waals surface area contributed by atoms with Crippen LogP contribution in [-0.2, 0) is 9.47 Å². The van der Waals surface area contributed by atoms with Crippen molar-refractivity contribution in [3.8, 4) is 0 Å². The quantitative estimate of drug-likeness (QED) is 0.805. The Balaban J connectivity index is 1.84. The van der Waals surface area contributed by atoms with Gasteiger partial charge in [0.25, 0.3) is 0 Å². The van der Waals surface area contributed by atoms with Gasteiger partial charge in [0, 0.05) is 11.1 Å². The van der Waals surface area contributed by atoms with Gasteiger partial charge in [0.2, 0.25) is 0 Å². The first-order chi connectivity index (χ1) is 9.75. The molecule has 0 spiro atoms. The van der Waals surface area contributed by atoms with Gasteiger partial charge < -0.3 is 9.47 Å². The summed E-state index contributed by atoms with van der Waals surface area (Å²) in [6.07, 6.45) is -0.368. The smallest absolute Gasteiger partial charge is 0.195 e. The molecule has 1 heterocycles. The lowest BCUT2D eigenvalue weighted by Crippen LogP contribution is -2.05. The molecule has 3 nitrogen and oxygen atoms in total. The summed E-state index contributed by atoms with van der Waals surface area (Å²) < 4.78 is 24.3. The lowest BCUT2D eigenvalue weighted by Gasteiger charge is -2.09. The normalized spacial score (nSPS) is 15.4. The third kappa shape index (κ3) is 2.48. The van der Waals surface area contributed by atoms with Crippen LogP contribution in [0.15, 0.2) is 48.5 Å². The fourth-order valence-corrected chi connectivity index (χ4v) is 2.14. The second kappa shape index (κ2) is 5.53. The predicted molar refractivity (Wildman–Crippen MR) is 70.9 cm³/mol. The number of halogens is 1. The molecule has 1 saturated heterocycles. The van der Waals surface area contributed by atoms with E-state index in [1.54, 1.807) is 36.4 Å². The molecule has 0 bridgehead atoms. The molecular weight excluding hydrogens is 259 g/mol. The minimum Gasteiger partial charge on any atom is -0.346 e. The average Bonchev–Trinajstić information content (AvgIpc) is 3.01. The van der Waals surface area contributed by atoms with Crippen molar-refractivity contribution in [2.45, 2.75) is 6.29 Å². The number of rotatable bonds is 3. The SMILES string of the molecule is O=C(c1ccc(C2OCCO2)cc1)c1ccccc1F. The van der Waals surface area contributed by atoms with E-state index in [-0.39, 0.29) is 17.6 Å². The Morgan fingerprint density at radius 2 is 1.65 bits per heavy atom. The molecule has 3 rings (SSSR count). The molecular formula is C16H13FO3. The van der Waals surface area contributed by atoms with Crippen LogP contribution in [0.25, 0.3) is 0 Å². The molecule has 2 aromatic rings. The zero-order valence-electron chi connectivity index (χ0n) is 10.7. The van der Waals surface area contributed by atoms with Crippen molar-refractivity contribution in [1.29, 1.82) is 0 Å². The van der Waals surface area contributed by atoms with E-state index in [0.29, 0.717) is 18.8 Å². The largest absolute Gasteiger partial charge is 0.346 e. The second-order valence-corrected chi connectivity index (χ2v) is 4.50. The summed E-state index contributed by atoms with van der Waals surface area (Å²) in [7, 11) is 0. The van der Waals surface area contributed by atoms with Crippen LogP contribution in [0.3, 0.4) is 0 Å². The zero-order chi connectivity index (χ0) is 13.9. The fraction of sp³-hybridized carbons (Fsp3) is 0.188. The van der Waals surface area contributed by atoms with E-state index < -0.39 is 5.82 Å². The van der Waals surface area contributed by atoms with E-state index >= 15 is 0 Å². The molecule has 4 heteroatoms. The standard InChI is InChI=1S/C16H13FO3/c17-14-4-2-1-3-13(14)15(18)11-5-7-12(8-6-11)16-19-9-10-20-16/h1-8,16H,9-10H2. The number of hydrogen-bond donors (Lipinski definition) is 0. The highest BCUT2D eigenvalue weighted by atomic mass is 19.1. The van der Waals surface area contributed by atoms with Crippen LogP contribution in [0.4, 0.5) is 4.39 Å².